The van der Waals surface area contributed by atoms with Crippen LogP contribution in [0.25, 0.3) is 0 Å². The largest absolute Gasteiger partial charge is 0.333 e. The van der Waals surface area contributed by atoms with E-state index >= 15 is 0 Å². The third-order valence-electron chi connectivity index (χ3n) is 4.73. The van der Waals surface area contributed by atoms with Gasteiger partial charge in [0.25, 0.3) is 0 Å². The van der Waals surface area contributed by atoms with Gasteiger partial charge in [-0.05, 0) is 50.9 Å². The predicted molar refractivity (Wildman–Crippen MR) is 120 cm³/mol. The maximum atomic E-state index is 11.7. The Labute approximate surface area is 173 Å². The molecule has 0 bridgehead atoms. The highest BCUT2D eigenvalue weighted by Crippen LogP contribution is 2.06. The number of amides is 2. The normalized spacial score (nSPS) is 11.4. The first-order valence-corrected chi connectivity index (χ1v) is 11.6. The zero-order chi connectivity index (χ0) is 20.7. The molecule has 2 amide bonds. The highest BCUT2D eigenvalue weighted by atomic mass is 16.2. The van der Waals surface area contributed by atoms with Crippen LogP contribution in [0.1, 0.15) is 117 Å². The summed E-state index contributed by atoms with van der Waals surface area (Å²) in [7, 11) is 0. The molecule has 0 spiro atoms. The fourth-order valence-corrected chi connectivity index (χ4v) is 2.92. The SMILES string of the molecule is CCCCCCC/C=C/NC(=O)CCCCC(=O)N/C=C/CCCCCCC. The molecule has 0 rings (SSSR count). The molecule has 2 N–H and O–H groups in total. The van der Waals surface area contributed by atoms with Crippen LogP contribution in [0.3, 0.4) is 0 Å². The van der Waals surface area contributed by atoms with Crippen LogP contribution >= 0.6 is 0 Å². The van der Waals surface area contributed by atoms with E-state index in [0.717, 1.165) is 25.7 Å². The summed E-state index contributed by atoms with van der Waals surface area (Å²) >= 11 is 0. The van der Waals surface area contributed by atoms with Gasteiger partial charge in [0.05, 0.1) is 0 Å². The van der Waals surface area contributed by atoms with Gasteiger partial charge in [-0.15, -0.1) is 0 Å². The maximum Gasteiger partial charge on any atom is 0.223 e. The van der Waals surface area contributed by atoms with E-state index in [1.54, 1.807) is 12.4 Å². The molecule has 0 aliphatic carbocycles. The highest BCUT2D eigenvalue weighted by molar-refractivity contribution is 5.78. The summed E-state index contributed by atoms with van der Waals surface area (Å²) in [6.45, 7) is 4.44. The molecular formula is C24H44N2O2. The van der Waals surface area contributed by atoms with E-state index in [1.165, 1.54) is 64.2 Å². The Kier molecular flexibility index (Phi) is 20.5. The zero-order valence-corrected chi connectivity index (χ0v) is 18.4. The second-order valence-corrected chi connectivity index (χ2v) is 7.55. The second kappa shape index (κ2) is 21.7. The molecular weight excluding hydrogens is 348 g/mol. The van der Waals surface area contributed by atoms with Gasteiger partial charge in [-0.1, -0.05) is 77.4 Å². The fraction of sp³-hybridized carbons (Fsp3) is 0.750. The number of hydrogen-bond acceptors (Lipinski definition) is 2. The van der Waals surface area contributed by atoms with E-state index in [0.29, 0.717) is 12.8 Å². The first kappa shape index (κ1) is 26.4. The van der Waals surface area contributed by atoms with Crippen molar-refractivity contribution in [1.29, 1.82) is 0 Å². The van der Waals surface area contributed by atoms with Crippen LogP contribution < -0.4 is 10.6 Å². The van der Waals surface area contributed by atoms with Crippen molar-refractivity contribution in [3.05, 3.63) is 24.6 Å². The molecule has 0 radical (unpaired) electrons. The van der Waals surface area contributed by atoms with Crippen LogP contribution in [-0.2, 0) is 9.59 Å². The van der Waals surface area contributed by atoms with Crippen molar-refractivity contribution in [3.8, 4) is 0 Å². The predicted octanol–water partition coefficient (Wildman–Crippen LogP) is 6.53. The minimum Gasteiger partial charge on any atom is -0.333 e. The van der Waals surface area contributed by atoms with Crippen LogP contribution in [0.2, 0.25) is 0 Å². The zero-order valence-electron chi connectivity index (χ0n) is 18.4. The molecule has 162 valence electrons. The minimum absolute atomic E-state index is 0.0330. The van der Waals surface area contributed by atoms with Crippen molar-refractivity contribution in [1.82, 2.24) is 10.6 Å². The first-order chi connectivity index (χ1) is 13.7. The molecule has 0 saturated carbocycles. The lowest BCUT2D eigenvalue weighted by molar-refractivity contribution is -0.122. The smallest absolute Gasteiger partial charge is 0.223 e. The average molecular weight is 393 g/mol. The quantitative estimate of drug-likeness (QED) is 0.246. The van der Waals surface area contributed by atoms with Crippen molar-refractivity contribution in [2.45, 2.75) is 117 Å². The lowest BCUT2D eigenvalue weighted by Gasteiger charge is -2.02. The molecule has 4 nitrogen and oxygen atoms in total. The topological polar surface area (TPSA) is 58.2 Å². The lowest BCUT2D eigenvalue weighted by Crippen LogP contribution is -2.18. The maximum absolute atomic E-state index is 11.7. The summed E-state index contributed by atoms with van der Waals surface area (Å²) in [6, 6.07) is 0. The van der Waals surface area contributed by atoms with Crippen LogP contribution in [0.5, 0.6) is 0 Å². The standard InChI is InChI=1S/C24H44N2O2/c1-3-5-7-9-11-13-17-21-25-23(27)19-15-16-20-24(28)26-22-18-14-12-10-8-6-4-2/h17-18,21-22H,3-16,19-20H2,1-2H3,(H,25,27)(H,26,28)/b21-17+,22-18+. The highest BCUT2D eigenvalue weighted by Gasteiger charge is 2.02. The third kappa shape index (κ3) is 20.7. The lowest BCUT2D eigenvalue weighted by atomic mass is 10.1. The first-order valence-electron chi connectivity index (χ1n) is 11.6. The van der Waals surface area contributed by atoms with Crippen molar-refractivity contribution in [3.63, 3.8) is 0 Å². The summed E-state index contributed by atoms with van der Waals surface area (Å²) in [6.07, 6.45) is 24.8. The van der Waals surface area contributed by atoms with Crippen LogP contribution in [-0.4, -0.2) is 11.8 Å². The number of allylic oxidation sites excluding steroid dienone is 2. The van der Waals surface area contributed by atoms with Gasteiger partial charge < -0.3 is 10.6 Å². The van der Waals surface area contributed by atoms with Gasteiger partial charge in [0.1, 0.15) is 0 Å². The monoisotopic (exact) mass is 392 g/mol. The van der Waals surface area contributed by atoms with E-state index in [-0.39, 0.29) is 11.8 Å². The summed E-state index contributed by atoms with van der Waals surface area (Å²) in [5.41, 5.74) is 0. The molecule has 0 fully saturated rings. The summed E-state index contributed by atoms with van der Waals surface area (Å²) < 4.78 is 0. The second-order valence-electron chi connectivity index (χ2n) is 7.55. The molecule has 0 aromatic heterocycles. The van der Waals surface area contributed by atoms with Gasteiger partial charge in [0, 0.05) is 12.8 Å². The number of carbonyl (C=O) groups excluding carboxylic acids is 2. The van der Waals surface area contributed by atoms with Crippen molar-refractivity contribution in [2.75, 3.05) is 0 Å². The Bertz CT molecular complexity index is 390. The molecule has 0 saturated heterocycles. The Hall–Kier alpha value is -1.58. The molecule has 0 aromatic rings. The Morgan fingerprint density at radius 2 is 0.964 bits per heavy atom. The number of hydrogen-bond donors (Lipinski definition) is 2. The molecule has 0 aliphatic rings. The van der Waals surface area contributed by atoms with Gasteiger partial charge >= 0.3 is 0 Å². The van der Waals surface area contributed by atoms with Crippen LogP contribution in [0.4, 0.5) is 0 Å². The van der Waals surface area contributed by atoms with E-state index in [4.69, 9.17) is 0 Å². The Morgan fingerprint density at radius 3 is 1.36 bits per heavy atom. The Morgan fingerprint density at radius 1 is 0.571 bits per heavy atom. The summed E-state index contributed by atoms with van der Waals surface area (Å²) in [4.78, 5) is 23.5. The van der Waals surface area contributed by atoms with Crippen LogP contribution in [0, 0.1) is 0 Å². The molecule has 0 unspecified atom stereocenters. The van der Waals surface area contributed by atoms with E-state index in [2.05, 4.69) is 24.5 Å². The van der Waals surface area contributed by atoms with Gasteiger partial charge in [0.15, 0.2) is 0 Å². The molecule has 4 heteroatoms. The van der Waals surface area contributed by atoms with E-state index in [1.807, 2.05) is 12.2 Å². The Balaban J connectivity index is 3.47. The van der Waals surface area contributed by atoms with E-state index in [9.17, 15) is 9.59 Å². The third-order valence-corrected chi connectivity index (χ3v) is 4.73. The van der Waals surface area contributed by atoms with Crippen molar-refractivity contribution >= 4 is 11.8 Å². The molecule has 28 heavy (non-hydrogen) atoms. The van der Waals surface area contributed by atoms with Gasteiger partial charge in [-0.3, -0.25) is 9.59 Å². The molecule has 0 atom stereocenters. The average Bonchev–Trinajstić information content (AvgIpc) is 2.69. The molecule has 0 aromatic carbocycles. The number of rotatable bonds is 19. The van der Waals surface area contributed by atoms with Gasteiger partial charge in [0.2, 0.25) is 11.8 Å². The minimum atomic E-state index is 0.0330. The fourth-order valence-electron chi connectivity index (χ4n) is 2.92. The number of carbonyl (C=O) groups is 2. The summed E-state index contributed by atoms with van der Waals surface area (Å²) in [5, 5.41) is 5.62. The summed E-state index contributed by atoms with van der Waals surface area (Å²) in [5.74, 6) is 0.0659. The van der Waals surface area contributed by atoms with Crippen LogP contribution in [0.15, 0.2) is 24.6 Å². The van der Waals surface area contributed by atoms with Gasteiger partial charge in [-0.2, -0.15) is 0 Å². The molecule has 0 aliphatic heterocycles. The van der Waals surface area contributed by atoms with Crippen molar-refractivity contribution < 1.29 is 9.59 Å². The number of nitrogens with one attached hydrogen (secondary N) is 2. The number of unbranched alkanes of at least 4 members (excludes halogenated alkanes) is 11. The van der Waals surface area contributed by atoms with Gasteiger partial charge in [-0.25, -0.2) is 0 Å². The molecule has 0 heterocycles. The van der Waals surface area contributed by atoms with E-state index < -0.39 is 0 Å². The van der Waals surface area contributed by atoms with Crippen molar-refractivity contribution in [2.24, 2.45) is 0 Å².